The molecule has 1 heterocycles. The van der Waals surface area contributed by atoms with Crippen LogP contribution in [0.2, 0.25) is 0 Å². The topological polar surface area (TPSA) is 17.8 Å². The van der Waals surface area contributed by atoms with Crippen LogP contribution in [0.15, 0.2) is 49.1 Å². The van der Waals surface area contributed by atoms with Crippen molar-refractivity contribution in [1.82, 2.24) is 9.55 Å². The Balaban J connectivity index is 1.74. The van der Waals surface area contributed by atoms with Crippen LogP contribution in [0.25, 0.3) is 0 Å². The van der Waals surface area contributed by atoms with Crippen LogP contribution in [0, 0.1) is 5.92 Å². The number of aromatic nitrogens is 2. The predicted octanol–water partition coefficient (Wildman–Crippen LogP) is 11.5. The van der Waals surface area contributed by atoms with Gasteiger partial charge in [-0.3, -0.25) is 0 Å². The molecule has 2 aromatic rings. The standard InChI is InChI=1S/C35H60N2/c1-3-5-7-9-11-12-13-14-15-16-17-19-24-28-35(37-30-29-36-32-37)34(27-23-18-10-8-6-4-2)31-33-25-21-20-22-26-33/h20-22,25-26,29-30,32,34-35H,3-19,23-24,27-28,31H2,1-2H3. The Morgan fingerprint density at radius 2 is 1.08 bits per heavy atom. The summed E-state index contributed by atoms with van der Waals surface area (Å²) in [4.78, 5) is 4.44. The molecule has 0 aliphatic rings. The number of benzene rings is 1. The van der Waals surface area contributed by atoms with Gasteiger partial charge in [0.15, 0.2) is 0 Å². The summed E-state index contributed by atoms with van der Waals surface area (Å²) < 4.78 is 2.44. The molecule has 0 aliphatic carbocycles. The molecule has 2 rings (SSSR count). The molecule has 2 unspecified atom stereocenters. The molecule has 210 valence electrons. The molecule has 2 atom stereocenters. The van der Waals surface area contributed by atoms with Crippen LogP contribution in [-0.4, -0.2) is 9.55 Å². The maximum atomic E-state index is 4.44. The first-order chi connectivity index (χ1) is 18.3. The Labute approximate surface area is 231 Å². The van der Waals surface area contributed by atoms with Crippen LogP contribution >= 0.6 is 0 Å². The zero-order valence-corrected chi connectivity index (χ0v) is 24.7. The summed E-state index contributed by atoms with van der Waals surface area (Å²) in [5.74, 6) is 0.695. The lowest BCUT2D eigenvalue weighted by molar-refractivity contribution is 0.275. The zero-order valence-electron chi connectivity index (χ0n) is 24.7. The molecule has 0 fully saturated rings. The normalized spacial score (nSPS) is 13.1. The van der Waals surface area contributed by atoms with Crippen LogP contribution in [0.4, 0.5) is 0 Å². The molecule has 0 spiro atoms. The molecule has 0 saturated carbocycles. The minimum absolute atomic E-state index is 0.575. The van der Waals surface area contributed by atoms with Gasteiger partial charge in [-0.05, 0) is 30.7 Å². The van der Waals surface area contributed by atoms with E-state index in [1.807, 2.05) is 6.20 Å². The van der Waals surface area contributed by atoms with Crippen LogP contribution in [0.5, 0.6) is 0 Å². The average Bonchev–Trinajstić information content (AvgIpc) is 3.46. The van der Waals surface area contributed by atoms with E-state index < -0.39 is 0 Å². The fourth-order valence-electron chi connectivity index (χ4n) is 6.00. The van der Waals surface area contributed by atoms with E-state index in [-0.39, 0.29) is 0 Å². The van der Waals surface area contributed by atoms with Gasteiger partial charge in [0.2, 0.25) is 0 Å². The van der Waals surface area contributed by atoms with Crippen molar-refractivity contribution in [3.8, 4) is 0 Å². The second kappa shape index (κ2) is 22.4. The molecular weight excluding hydrogens is 448 g/mol. The lowest BCUT2D eigenvalue weighted by Crippen LogP contribution is -2.21. The summed E-state index contributed by atoms with van der Waals surface area (Å²) in [5.41, 5.74) is 1.49. The van der Waals surface area contributed by atoms with Crippen LogP contribution in [-0.2, 0) is 6.42 Å². The molecule has 0 N–H and O–H groups in total. The molecule has 0 amide bonds. The van der Waals surface area contributed by atoms with Gasteiger partial charge in [-0.25, -0.2) is 4.98 Å². The lowest BCUT2D eigenvalue weighted by Gasteiger charge is -2.29. The van der Waals surface area contributed by atoms with Gasteiger partial charge in [0.1, 0.15) is 0 Å². The van der Waals surface area contributed by atoms with Crippen molar-refractivity contribution < 1.29 is 0 Å². The summed E-state index contributed by atoms with van der Waals surface area (Å²) in [6, 6.07) is 11.8. The van der Waals surface area contributed by atoms with Crippen LogP contribution in [0.3, 0.4) is 0 Å². The molecule has 1 aromatic carbocycles. The summed E-state index contributed by atoms with van der Waals surface area (Å²) in [6.45, 7) is 4.61. The van der Waals surface area contributed by atoms with E-state index in [0.29, 0.717) is 12.0 Å². The Morgan fingerprint density at radius 3 is 1.57 bits per heavy atom. The number of unbranched alkanes of at least 4 members (excludes halogenated alkanes) is 17. The van der Waals surface area contributed by atoms with Gasteiger partial charge in [-0.2, -0.15) is 0 Å². The maximum absolute atomic E-state index is 4.44. The van der Waals surface area contributed by atoms with E-state index in [4.69, 9.17) is 0 Å². The molecular formula is C35H60N2. The van der Waals surface area contributed by atoms with Gasteiger partial charge >= 0.3 is 0 Å². The third kappa shape index (κ3) is 15.4. The Kier molecular flexibility index (Phi) is 19.2. The van der Waals surface area contributed by atoms with Crippen LogP contribution < -0.4 is 0 Å². The van der Waals surface area contributed by atoms with Crippen molar-refractivity contribution in [2.75, 3.05) is 0 Å². The highest BCUT2D eigenvalue weighted by Gasteiger charge is 2.23. The summed E-state index contributed by atoms with van der Waals surface area (Å²) >= 11 is 0. The first-order valence-corrected chi connectivity index (χ1v) is 16.4. The molecule has 0 bridgehead atoms. The van der Waals surface area contributed by atoms with Crippen molar-refractivity contribution in [3.05, 3.63) is 54.6 Å². The second-order valence-electron chi connectivity index (χ2n) is 11.6. The molecule has 0 saturated heterocycles. The summed E-state index contributed by atoms with van der Waals surface area (Å²) in [6.07, 6.45) is 36.9. The van der Waals surface area contributed by atoms with Crippen LogP contribution in [0.1, 0.15) is 160 Å². The molecule has 0 aliphatic heterocycles. The van der Waals surface area contributed by atoms with Gasteiger partial charge in [0.05, 0.1) is 6.33 Å². The van der Waals surface area contributed by atoms with Crippen molar-refractivity contribution in [3.63, 3.8) is 0 Å². The summed E-state index contributed by atoms with van der Waals surface area (Å²) in [5, 5.41) is 0. The van der Waals surface area contributed by atoms with Gasteiger partial charge in [0, 0.05) is 18.4 Å². The smallest absolute Gasteiger partial charge is 0.0948 e. The Hall–Kier alpha value is -1.57. The van der Waals surface area contributed by atoms with E-state index in [0.717, 1.165) is 0 Å². The third-order valence-electron chi connectivity index (χ3n) is 8.32. The monoisotopic (exact) mass is 508 g/mol. The second-order valence-corrected chi connectivity index (χ2v) is 11.6. The van der Waals surface area contributed by atoms with Crippen molar-refractivity contribution in [2.24, 2.45) is 5.92 Å². The number of nitrogens with zero attached hydrogens (tertiary/aromatic N) is 2. The highest BCUT2D eigenvalue weighted by Crippen LogP contribution is 2.32. The van der Waals surface area contributed by atoms with E-state index in [9.17, 15) is 0 Å². The molecule has 2 heteroatoms. The van der Waals surface area contributed by atoms with E-state index in [1.165, 1.54) is 147 Å². The number of rotatable bonds is 25. The average molecular weight is 509 g/mol. The van der Waals surface area contributed by atoms with Gasteiger partial charge in [-0.15, -0.1) is 0 Å². The maximum Gasteiger partial charge on any atom is 0.0948 e. The largest absolute Gasteiger partial charge is 0.334 e. The quantitative estimate of drug-likeness (QED) is 0.122. The fraction of sp³-hybridized carbons (Fsp3) is 0.743. The minimum Gasteiger partial charge on any atom is -0.334 e. The first-order valence-electron chi connectivity index (χ1n) is 16.4. The van der Waals surface area contributed by atoms with Gasteiger partial charge < -0.3 is 4.57 Å². The lowest BCUT2D eigenvalue weighted by atomic mass is 9.84. The van der Waals surface area contributed by atoms with Crippen molar-refractivity contribution >= 4 is 0 Å². The number of imidazole rings is 1. The first kappa shape index (κ1) is 31.6. The zero-order chi connectivity index (χ0) is 26.2. The van der Waals surface area contributed by atoms with Crippen molar-refractivity contribution in [1.29, 1.82) is 0 Å². The highest BCUT2D eigenvalue weighted by molar-refractivity contribution is 5.15. The number of hydrogen-bond acceptors (Lipinski definition) is 1. The third-order valence-corrected chi connectivity index (χ3v) is 8.32. The van der Waals surface area contributed by atoms with Gasteiger partial charge in [-0.1, -0.05) is 166 Å². The molecule has 2 nitrogen and oxygen atoms in total. The van der Waals surface area contributed by atoms with E-state index in [1.54, 1.807) is 0 Å². The van der Waals surface area contributed by atoms with E-state index >= 15 is 0 Å². The predicted molar refractivity (Wildman–Crippen MR) is 163 cm³/mol. The molecule has 1 aromatic heterocycles. The Bertz CT molecular complexity index is 708. The molecule has 0 radical (unpaired) electrons. The number of hydrogen-bond donors (Lipinski definition) is 0. The highest BCUT2D eigenvalue weighted by atomic mass is 15.1. The molecule has 37 heavy (non-hydrogen) atoms. The van der Waals surface area contributed by atoms with Gasteiger partial charge in [0.25, 0.3) is 0 Å². The Morgan fingerprint density at radius 1 is 0.595 bits per heavy atom. The fourth-order valence-corrected chi connectivity index (χ4v) is 6.00. The minimum atomic E-state index is 0.575. The van der Waals surface area contributed by atoms with Crippen molar-refractivity contribution in [2.45, 2.75) is 161 Å². The summed E-state index contributed by atoms with van der Waals surface area (Å²) in [7, 11) is 0. The van der Waals surface area contributed by atoms with E-state index in [2.05, 4.69) is 66.3 Å². The SMILES string of the molecule is CCCCCCCCCCCCCCCC(C(CCCCCCCC)Cc1ccccc1)n1ccnc1.